The average Bonchev–Trinajstić information content (AvgIpc) is 3.05. The number of alkyl halides is 2. The number of anilines is 1. The first-order chi connectivity index (χ1) is 13.0. The minimum absolute atomic E-state index is 0.116. The van der Waals surface area contributed by atoms with Crippen molar-refractivity contribution in [3.8, 4) is 5.75 Å². The van der Waals surface area contributed by atoms with Crippen LogP contribution in [0, 0.1) is 5.41 Å². The highest BCUT2D eigenvalue weighted by molar-refractivity contribution is 5.59. The summed E-state index contributed by atoms with van der Waals surface area (Å²) in [6.07, 6.45) is 7.35. The molecule has 0 aromatic heterocycles. The molecule has 1 aliphatic carbocycles. The van der Waals surface area contributed by atoms with E-state index < -0.39 is 6.61 Å². The number of nitrogens with zero attached hydrogens (tertiary/aromatic N) is 2. The highest BCUT2D eigenvalue weighted by Crippen LogP contribution is 2.43. The van der Waals surface area contributed by atoms with Crippen molar-refractivity contribution in [2.75, 3.05) is 31.1 Å². The Kier molecular flexibility index (Phi) is 5.55. The zero-order valence-electron chi connectivity index (χ0n) is 15.8. The first kappa shape index (κ1) is 18.9. The molecule has 1 spiro atoms. The summed E-state index contributed by atoms with van der Waals surface area (Å²) in [6, 6.07) is 7.76. The molecular weight excluding hydrogens is 350 g/mol. The molecule has 3 fully saturated rings. The molecule has 1 N–H and O–H groups in total. The van der Waals surface area contributed by atoms with Gasteiger partial charge in [0.05, 0.1) is 11.8 Å². The minimum Gasteiger partial charge on any atom is -0.433 e. The maximum atomic E-state index is 12.8. The van der Waals surface area contributed by atoms with Crippen LogP contribution in [-0.4, -0.2) is 54.9 Å². The molecule has 0 radical (unpaired) electrons. The largest absolute Gasteiger partial charge is 0.433 e. The second kappa shape index (κ2) is 7.92. The van der Waals surface area contributed by atoms with E-state index in [4.69, 9.17) is 4.74 Å². The van der Waals surface area contributed by atoms with Gasteiger partial charge in [-0.15, -0.1) is 0 Å². The number of aliphatic hydroxyl groups excluding tert-OH is 1. The number of piperidine rings is 1. The van der Waals surface area contributed by atoms with Gasteiger partial charge in [0.1, 0.15) is 5.75 Å². The molecule has 3 aliphatic rings. The first-order valence-electron chi connectivity index (χ1n) is 10.3. The van der Waals surface area contributed by atoms with Crippen molar-refractivity contribution >= 4 is 5.69 Å². The Hall–Kier alpha value is -1.40. The van der Waals surface area contributed by atoms with Gasteiger partial charge < -0.3 is 14.7 Å². The molecule has 1 atom stereocenters. The van der Waals surface area contributed by atoms with Gasteiger partial charge in [-0.05, 0) is 63.6 Å². The second-order valence-corrected chi connectivity index (χ2v) is 8.55. The van der Waals surface area contributed by atoms with Crippen molar-refractivity contribution in [3.63, 3.8) is 0 Å². The molecule has 0 amide bonds. The van der Waals surface area contributed by atoms with Crippen LogP contribution in [0.1, 0.15) is 44.9 Å². The molecule has 2 saturated heterocycles. The van der Waals surface area contributed by atoms with E-state index in [1.54, 1.807) is 12.1 Å². The van der Waals surface area contributed by atoms with E-state index in [1.807, 2.05) is 12.1 Å². The maximum absolute atomic E-state index is 12.8. The lowest BCUT2D eigenvalue weighted by Gasteiger charge is -2.43. The summed E-state index contributed by atoms with van der Waals surface area (Å²) in [5, 5.41) is 9.77. The summed E-state index contributed by atoms with van der Waals surface area (Å²) in [6.45, 7) is 1.20. The van der Waals surface area contributed by atoms with Crippen LogP contribution in [0.25, 0.3) is 0 Å². The van der Waals surface area contributed by atoms with Crippen molar-refractivity contribution in [2.45, 2.75) is 63.7 Å². The van der Waals surface area contributed by atoms with Crippen molar-refractivity contribution in [3.05, 3.63) is 24.3 Å². The smallest absolute Gasteiger partial charge is 0.387 e. The van der Waals surface area contributed by atoms with E-state index in [2.05, 4.69) is 9.80 Å². The maximum Gasteiger partial charge on any atom is 0.387 e. The van der Waals surface area contributed by atoms with Crippen molar-refractivity contribution in [1.82, 2.24) is 4.90 Å². The second-order valence-electron chi connectivity index (χ2n) is 8.55. The van der Waals surface area contributed by atoms with Gasteiger partial charge in [0.15, 0.2) is 0 Å². The molecule has 4 rings (SSSR count). The van der Waals surface area contributed by atoms with Gasteiger partial charge in [0.25, 0.3) is 0 Å². The normalized spacial score (nSPS) is 32.4. The van der Waals surface area contributed by atoms with E-state index in [-0.39, 0.29) is 17.3 Å². The summed E-state index contributed by atoms with van der Waals surface area (Å²) in [7, 11) is 0. The topological polar surface area (TPSA) is 35.9 Å². The number of rotatable bonds is 4. The Morgan fingerprint density at radius 1 is 1.04 bits per heavy atom. The lowest BCUT2D eigenvalue weighted by atomic mass is 9.79. The van der Waals surface area contributed by atoms with E-state index in [0.29, 0.717) is 6.04 Å². The molecule has 1 saturated carbocycles. The lowest BCUT2D eigenvalue weighted by Crippen LogP contribution is -2.46. The third kappa shape index (κ3) is 4.21. The van der Waals surface area contributed by atoms with Crippen LogP contribution in [0.15, 0.2) is 24.3 Å². The zero-order chi connectivity index (χ0) is 18.9. The predicted octanol–water partition coefficient (Wildman–Crippen LogP) is 3.88. The quantitative estimate of drug-likeness (QED) is 0.860. The summed E-state index contributed by atoms with van der Waals surface area (Å²) in [4.78, 5) is 4.87. The number of hydrogen-bond donors (Lipinski definition) is 1. The third-order valence-corrected chi connectivity index (χ3v) is 6.73. The molecule has 0 unspecified atom stereocenters. The molecule has 150 valence electrons. The van der Waals surface area contributed by atoms with Gasteiger partial charge in [-0.3, -0.25) is 4.90 Å². The standard InChI is InChI=1S/C21H30F2N2O2/c22-20(23)27-19-5-2-1-4-18(19)25-12-3-10-21(15-25)11-13-24(14-21)16-6-8-17(26)9-7-16/h1-2,4-5,16-17,20,26H,3,6-15H2/t16?,17?,21-/m1/s1. The molecule has 27 heavy (non-hydrogen) atoms. The fourth-order valence-corrected chi connectivity index (χ4v) is 5.37. The lowest BCUT2D eigenvalue weighted by molar-refractivity contribution is -0.0495. The van der Waals surface area contributed by atoms with Crippen molar-refractivity contribution < 1.29 is 18.6 Å². The number of aliphatic hydroxyl groups is 1. The summed E-state index contributed by atoms with van der Waals surface area (Å²) >= 11 is 0. The number of benzene rings is 1. The molecule has 2 aliphatic heterocycles. The molecule has 2 heterocycles. The number of para-hydroxylation sites is 2. The Morgan fingerprint density at radius 2 is 1.81 bits per heavy atom. The molecule has 0 bridgehead atoms. The number of halogens is 2. The van der Waals surface area contributed by atoms with Crippen LogP contribution in [0.5, 0.6) is 5.75 Å². The van der Waals surface area contributed by atoms with Gasteiger partial charge in [0, 0.05) is 31.1 Å². The van der Waals surface area contributed by atoms with Gasteiger partial charge in [-0.25, -0.2) is 0 Å². The summed E-state index contributed by atoms with van der Waals surface area (Å²) < 4.78 is 30.3. The van der Waals surface area contributed by atoms with Gasteiger partial charge >= 0.3 is 6.61 Å². The summed E-state index contributed by atoms with van der Waals surface area (Å²) in [5.41, 5.74) is 1.03. The monoisotopic (exact) mass is 380 g/mol. The Labute approximate surface area is 160 Å². The average molecular weight is 380 g/mol. The van der Waals surface area contributed by atoms with Crippen LogP contribution >= 0.6 is 0 Å². The van der Waals surface area contributed by atoms with Gasteiger partial charge in [0.2, 0.25) is 0 Å². The number of likely N-dealkylation sites (tertiary alicyclic amines) is 1. The zero-order valence-corrected chi connectivity index (χ0v) is 15.8. The van der Waals surface area contributed by atoms with Gasteiger partial charge in [-0.2, -0.15) is 8.78 Å². The third-order valence-electron chi connectivity index (χ3n) is 6.73. The first-order valence-corrected chi connectivity index (χ1v) is 10.3. The Morgan fingerprint density at radius 3 is 2.59 bits per heavy atom. The SMILES string of the molecule is OC1CCC(N2CC[C@]3(CCCN(c4ccccc4OC(F)F)C3)C2)CC1. The van der Waals surface area contributed by atoms with E-state index in [0.717, 1.165) is 64.0 Å². The van der Waals surface area contributed by atoms with Crippen LogP contribution < -0.4 is 9.64 Å². The highest BCUT2D eigenvalue weighted by Gasteiger charge is 2.43. The molecule has 6 heteroatoms. The van der Waals surface area contributed by atoms with Crippen molar-refractivity contribution in [2.24, 2.45) is 5.41 Å². The van der Waals surface area contributed by atoms with E-state index in [1.165, 1.54) is 12.8 Å². The minimum atomic E-state index is -2.80. The molecular formula is C21H30F2N2O2. The van der Waals surface area contributed by atoms with Crippen LogP contribution in [-0.2, 0) is 0 Å². The fraction of sp³-hybridized carbons (Fsp3) is 0.714. The van der Waals surface area contributed by atoms with E-state index >= 15 is 0 Å². The van der Waals surface area contributed by atoms with Crippen LogP contribution in [0.2, 0.25) is 0 Å². The highest BCUT2D eigenvalue weighted by atomic mass is 19.3. The molecule has 4 nitrogen and oxygen atoms in total. The molecule has 1 aromatic carbocycles. The summed E-state index contributed by atoms with van der Waals surface area (Å²) in [5.74, 6) is 0.278. The number of ether oxygens (including phenoxy) is 1. The Bertz CT molecular complexity index is 636. The van der Waals surface area contributed by atoms with Crippen molar-refractivity contribution in [1.29, 1.82) is 0 Å². The Balaban J connectivity index is 1.44. The predicted molar refractivity (Wildman–Crippen MR) is 101 cm³/mol. The van der Waals surface area contributed by atoms with Crippen LogP contribution in [0.4, 0.5) is 14.5 Å². The van der Waals surface area contributed by atoms with Crippen LogP contribution in [0.3, 0.4) is 0 Å². The molecule has 1 aromatic rings. The number of hydrogen-bond acceptors (Lipinski definition) is 4. The van der Waals surface area contributed by atoms with E-state index in [9.17, 15) is 13.9 Å². The fourth-order valence-electron chi connectivity index (χ4n) is 5.37. The van der Waals surface area contributed by atoms with Gasteiger partial charge in [-0.1, -0.05) is 12.1 Å².